The average Bonchev–Trinajstić information content (AvgIpc) is 2.37. The molecule has 1 aromatic carbocycles. The van der Waals surface area contributed by atoms with E-state index in [0.717, 1.165) is 23.0 Å². The molecule has 0 bridgehead atoms. The van der Waals surface area contributed by atoms with Gasteiger partial charge in [-0.1, -0.05) is 0 Å². The molecule has 0 aliphatic rings. The Labute approximate surface area is 99.2 Å². The predicted octanol–water partition coefficient (Wildman–Crippen LogP) is 2.37. The van der Waals surface area contributed by atoms with Crippen molar-refractivity contribution in [1.82, 2.24) is 4.98 Å². The van der Waals surface area contributed by atoms with E-state index in [0.29, 0.717) is 17.0 Å². The molecule has 0 saturated carbocycles. The standard InChI is InChI=1S/C13H13NO3/c1-8-6-9(7-15)14-13-11(17-3)5-4-10(16-2)12(8)13/h4-7H,1-3H3. The van der Waals surface area contributed by atoms with E-state index in [9.17, 15) is 4.79 Å². The van der Waals surface area contributed by atoms with Gasteiger partial charge in [-0.2, -0.15) is 0 Å². The molecule has 4 heteroatoms. The fourth-order valence-electron chi connectivity index (χ4n) is 1.90. The first-order valence-corrected chi connectivity index (χ1v) is 5.18. The zero-order chi connectivity index (χ0) is 12.4. The van der Waals surface area contributed by atoms with Gasteiger partial charge in [0, 0.05) is 5.39 Å². The smallest absolute Gasteiger partial charge is 0.168 e. The minimum absolute atomic E-state index is 0.390. The van der Waals surface area contributed by atoms with Gasteiger partial charge in [-0.05, 0) is 30.7 Å². The lowest BCUT2D eigenvalue weighted by atomic mass is 10.1. The maximum atomic E-state index is 10.8. The summed E-state index contributed by atoms with van der Waals surface area (Å²) in [6.45, 7) is 1.92. The number of nitrogens with zero attached hydrogens (tertiary/aromatic N) is 1. The monoisotopic (exact) mass is 231 g/mol. The van der Waals surface area contributed by atoms with Crippen molar-refractivity contribution < 1.29 is 14.3 Å². The van der Waals surface area contributed by atoms with Gasteiger partial charge >= 0.3 is 0 Å². The highest BCUT2D eigenvalue weighted by Crippen LogP contribution is 2.33. The van der Waals surface area contributed by atoms with Crippen LogP contribution in [0.15, 0.2) is 18.2 Å². The lowest BCUT2D eigenvalue weighted by molar-refractivity contribution is 0.111. The van der Waals surface area contributed by atoms with E-state index < -0.39 is 0 Å². The molecular weight excluding hydrogens is 218 g/mol. The Bertz CT molecular complexity index is 578. The summed E-state index contributed by atoms with van der Waals surface area (Å²) < 4.78 is 10.5. The summed E-state index contributed by atoms with van der Waals surface area (Å²) in [5.41, 5.74) is 1.98. The van der Waals surface area contributed by atoms with E-state index in [1.54, 1.807) is 26.4 Å². The molecule has 88 valence electrons. The maximum Gasteiger partial charge on any atom is 0.168 e. The molecule has 0 saturated heterocycles. The maximum absolute atomic E-state index is 10.8. The molecular formula is C13H13NO3. The Morgan fingerprint density at radius 1 is 1.18 bits per heavy atom. The fraction of sp³-hybridized carbons (Fsp3) is 0.231. The topological polar surface area (TPSA) is 48.4 Å². The number of rotatable bonds is 3. The molecule has 0 atom stereocenters. The van der Waals surface area contributed by atoms with Crippen LogP contribution in [0.5, 0.6) is 11.5 Å². The van der Waals surface area contributed by atoms with Crippen LogP contribution in [0.2, 0.25) is 0 Å². The zero-order valence-corrected chi connectivity index (χ0v) is 9.98. The molecule has 2 aromatic rings. The SMILES string of the molecule is COc1ccc(OC)c2c(C)cc(C=O)nc12. The highest BCUT2D eigenvalue weighted by molar-refractivity contribution is 5.94. The van der Waals surface area contributed by atoms with Gasteiger partial charge < -0.3 is 9.47 Å². The van der Waals surface area contributed by atoms with Crippen LogP contribution in [-0.2, 0) is 0 Å². The second-order valence-electron chi connectivity index (χ2n) is 3.68. The van der Waals surface area contributed by atoms with Gasteiger partial charge in [0.05, 0.1) is 14.2 Å². The molecule has 0 unspecified atom stereocenters. The Morgan fingerprint density at radius 3 is 2.41 bits per heavy atom. The van der Waals surface area contributed by atoms with Crippen molar-refractivity contribution >= 4 is 17.2 Å². The predicted molar refractivity (Wildman–Crippen MR) is 65.0 cm³/mol. The number of carbonyl (C=O) groups is 1. The molecule has 0 fully saturated rings. The third-order valence-corrected chi connectivity index (χ3v) is 2.66. The van der Waals surface area contributed by atoms with Crippen LogP contribution in [0.1, 0.15) is 16.1 Å². The molecule has 4 nitrogen and oxygen atoms in total. The first-order chi connectivity index (χ1) is 8.21. The highest BCUT2D eigenvalue weighted by Gasteiger charge is 2.12. The van der Waals surface area contributed by atoms with E-state index in [1.807, 2.05) is 13.0 Å². The minimum Gasteiger partial charge on any atom is -0.496 e. The van der Waals surface area contributed by atoms with Crippen molar-refractivity contribution in [2.45, 2.75) is 6.92 Å². The summed E-state index contributed by atoms with van der Waals surface area (Å²) in [6, 6.07) is 5.34. The number of aldehydes is 1. The third-order valence-electron chi connectivity index (χ3n) is 2.66. The molecule has 0 aliphatic carbocycles. The molecule has 1 heterocycles. The summed E-state index contributed by atoms with van der Waals surface area (Å²) in [5.74, 6) is 1.36. The minimum atomic E-state index is 0.390. The third kappa shape index (κ3) is 1.82. The first-order valence-electron chi connectivity index (χ1n) is 5.18. The summed E-state index contributed by atoms with van der Waals surface area (Å²) >= 11 is 0. The van der Waals surface area contributed by atoms with Gasteiger partial charge in [0.15, 0.2) is 6.29 Å². The number of hydrogen-bond acceptors (Lipinski definition) is 4. The largest absolute Gasteiger partial charge is 0.496 e. The second kappa shape index (κ2) is 4.41. The van der Waals surface area contributed by atoms with Crippen LogP contribution >= 0.6 is 0 Å². The quantitative estimate of drug-likeness (QED) is 0.761. The van der Waals surface area contributed by atoms with Crippen molar-refractivity contribution in [3.8, 4) is 11.5 Å². The Morgan fingerprint density at radius 2 is 1.82 bits per heavy atom. The van der Waals surface area contributed by atoms with Crippen LogP contribution in [0.25, 0.3) is 10.9 Å². The molecule has 0 N–H and O–H groups in total. The van der Waals surface area contributed by atoms with Crippen molar-refractivity contribution in [2.24, 2.45) is 0 Å². The van der Waals surface area contributed by atoms with Gasteiger partial charge in [-0.25, -0.2) is 4.98 Å². The van der Waals surface area contributed by atoms with Crippen molar-refractivity contribution in [2.75, 3.05) is 14.2 Å². The van der Waals surface area contributed by atoms with Gasteiger partial charge in [0.25, 0.3) is 0 Å². The number of benzene rings is 1. The first kappa shape index (κ1) is 11.4. The number of ether oxygens (including phenoxy) is 2. The number of hydrogen-bond donors (Lipinski definition) is 0. The molecule has 17 heavy (non-hydrogen) atoms. The molecule has 1 aromatic heterocycles. The number of methoxy groups -OCH3 is 2. The van der Waals surface area contributed by atoms with E-state index in [1.165, 1.54) is 0 Å². The molecule has 0 radical (unpaired) electrons. The number of aromatic nitrogens is 1. The molecule has 0 spiro atoms. The second-order valence-corrected chi connectivity index (χ2v) is 3.68. The summed E-state index contributed by atoms with van der Waals surface area (Å²) in [6.07, 6.45) is 0.728. The zero-order valence-electron chi connectivity index (χ0n) is 9.98. The number of carbonyl (C=O) groups excluding carboxylic acids is 1. The molecule has 0 amide bonds. The van der Waals surface area contributed by atoms with Crippen LogP contribution in [0, 0.1) is 6.92 Å². The fourth-order valence-corrected chi connectivity index (χ4v) is 1.90. The van der Waals surface area contributed by atoms with Gasteiger partial charge in [0.2, 0.25) is 0 Å². The normalized spacial score (nSPS) is 10.3. The lowest BCUT2D eigenvalue weighted by Gasteiger charge is -2.11. The van der Waals surface area contributed by atoms with Crippen molar-refractivity contribution in [3.63, 3.8) is 0 Å². The Balaban J connectivity index is 2.89. The summed E-state index contributed by atoms with van der Waals surface area (Å²) in [5, 5.41) is 0.873. The molecule has 2 rings (SSSR count). The van der Waals surface area contributed by atoms with E-state index in [2.05, 4.69) is 4.98 Å². The molecule has 0 aliphatic heterocycles. The van der Waals surface area contributed by atoms with E-state index >= 15 is 0 Å². The van der Waals surface area contributed by atoms with Crippen LogP contribution in [0.3, 0.4) is 0 Å². The summed E-state index contributed by atoms with van der Waals surface area (Å²) in [4.78, 5) is 15.1. The van der Waals surface area contributed by atoms with E-state index in [-0.39, 0.29) is 0 Å². The van der Waals surface area contributed by atoms with Crippen molar-refractivity contribution in [1.29, 1.82) is 0 Å². The van der Waals surface area contributed by atoms with Gasteiger partial charge in [-0.15, -0.1) is 0 Å². The number of aryl methyl sites for hydroxylation is 1. The van der Waals surface area contributed by atoms with Crippen LogP contribution in [-0.4, -0.2) is 25.5 Å². The van der Waals surface area contributed by atoms with Crippen molar-refractivity contribution in [3.05, 3.63) is 29.5 Å². The van der Waals surface area contributed by atoms with Crippen LogP contribution < -0.4 is 9.47 Å². The Kier molecular flexibility index (Phi) is 2.95. The Hall–Kier alpha value is -2.10. The summed E-state index contributed by atoms with van der Waals surface area (Å²) in [7, 11) is 3.18. The van der Waals surface area contributed by atoms with E-state index in [4.69, 9.17) is 9.47 Å². The van der Waals surface area contributed by atoms with Gasteiger partial charge in [-0.3, -0.25) is 4.79 Å². The number of fused-ring (bicyclic) bond motifs is 1. The highest BCUT2D eigenvalue weighted by atomic mass is 16.5. The van der Waals surface area contributed by atoms with Gasteiger partial charge in [0.1, 0.15) is 22.7 Å². The lowest BCUT2D eigenvalue weighted by Crippen LogP contribution is -1.96. The average molecular weight is 231 g/mol. The van der Waals surface area contributed by atoms with Crippen LogP contribution in [0.4, 0.5) is 0 Å². The number of pyridine rings is 1.